The van der Waals surface area contributed by atoms with Gasteiger partial charge in [-0.05, 0) is 95.0 Å². The number of benzene rings is 1. The number of ketones is 1. The second-order valence-corrected chi connectivity index (χ2v) is 10.4. The van der Waals surface area contributed by atoms with Crippen LogP contribution >= 0.6 is 0 Å². The Kier molecular flexibility index (Phi) is 6.84. The SMILES string of the molecule is CC(C)(O)C(=O)CC1CCC(CCN2CCC(c3cccc4c3CCO4)CC2)CC1. The van der Waals surface area contributed by atoms with Crippen molar-refractivity contribution in [1.29, 1.82) is 0 Å². The molecule has 1 aromatic rings. The van der Waals surface area contributed by atoms with Gasteiger partial charge in [0, 0.05) is 18.4 Å². The zero-order chi connectivity index (χ0) is 21.1. The zero-order valence-corrected chi connectivity index (χ0v) is 18.9. The summed E-state index contributed by atoms with van der Waals surface area (Å²) >= 11 is 0. The molecule has 1 saturated heterocycles. The van der Waals surface area contributed by atoms with E-state index in [0.29, 0.717) is 18.3 Å². The fourth-order valence-electron chi connectivity index (χ4n) is 5.70. The summed E-state index contributed by atoms with van der Waals surface area (Å²) in [5, 5.41) is 9.87. The van der Waals surface area contributed by atoms with Crippen molar-refractivity contribution in [3.05, 3.63) is 29.3 Å². The predicted molar refractivity (Wildman–Crippen MR) is 120 cm³/mol. The van der Waals surface area contributed by atoms with E-state index in [9.17, 15) is 9.90 Å². The van der Waals surface area contributed by atoms with Crippen LogP contribution in [0.25, 0.3) is 0 Å². The number of hydrogen-bond donors (Lipinski definition) is 1. The number of likely N-dealkylation sites (tertiary alicyclic amines) is 1. The minimum absolute atomic E-state index is 0.00411. The molecule has 2 aliphatic heterocycles. The van der Waals surface area contributed by atoms with Crippen molar-refractivity contribution in [1.82, 2.24) is 4.90 Å². The number of carbonyl (C=O) groups excluding carboxylic acids is 1. The standard InChI is InChI=1S/C26H39NO3/c1-26(2,29)25(28)18-20-8-6-19(7-9-20)10-14-27-15-11-21(12-16-27)22-4-3-5-24-23(22)13-17-30-24/h3-5,19-21,29H,6-18H2,1-2H3. The summed E-state index contributed by atoms with van der Waals surface area (Å²) in [7, 11) is 0. The van der Waals surface area contributed by atoms with E-state index in [1.807, 2.05) is 0 Å². The Labute approximate surface area is 182 Å². The van der Waals surface area contributed by atoms with Gasteiger partial charge in [-0.3, -0.25) is 4.79 Å². The number of carbonyl (C=O) groups is 1. The van der Waals surface area contributed by atoms with E-state index < -0.39 is 5.60 Å². The highest BCUT2D eigenvalue weighted by atomic mass is 16.5. The molecule has 1 aliphatic carbocycles. The average Bonchev–Trinajstić information content (AvgIpc) is 3.22. The summed E-state index contributed by atoms with van der Waals surface area (Å²) in [6, 6.07) is 6.61. The lowest BCUT2D eigenvalue weighted by Gasteiger charge is -2.35. The topological polar surface area (TPSA) is 49.8 Å². The Morgan fingerprint density at radius 3 is 2.50 bits per heavy atom. The van der Waals surface area contributed by atoms with Crippen LogP contribution in [0.2, 0.25) is 0 Å². The van der Waals surface area contributed by atoms with E-state index in [0.717, 1.165) is 37.5 Å². The average molecular weight is 414 g/mol. The maximum absolute atomic E-state index is 12.1. The van der Waals surface area contributed by atoms with Gasteiger partial charge >= 0.3 is 0 Å². The lowest BCUT2D eigenvalue weighted by molar-refractivity contribution is -0.135. The van der Waals surface area contributed by atoms with Crippen LogP contribution in [0.4, 0.5) is 0 Å². The monoisotopic (exact) mass is 413 g/mol. The molecule has 4 nitrogen and oxygen atoms in total. The highest BCUT2D eigenvalue weighted by Gasteiger charge is 2.30. The molecule has 166 valence electrons. The van der Waals surface area contributed by atoms with Crippen molar-refractivity contribution < 1.29 is 14.6 Å². The molecule has 2 fully saturated rings. The second-order valence-electron chi connectivity index (χ2n) is 10.4. The molecule has 0 spiro atoms. The molecular formula is C26H39NO3. The van der Waals surface area contributed by atoms with E-state index in [-0.39, 0.29) is 5.78 Å². The maximum atomic E-state index is 12.1. The summed E-state index contributed by atoms with van der Waals surface area (Å²) in [5.41, 5.74) is 1.84. The molecule has 2 heterocycles. The molecular weight excluding hydrogens is 374 g/mol. The van der Waals surface area contributed by atoms with Crippen LogP contribution in [0.15, 0.2) is 18.2 Å². The number of rotatable bonds is 7. The van der Waals surface area contributed by atoms with Crippen molar-refractivity contribution >= 4 is 5.78 Å². The van der Waals surface area contributed by atoms with Crippen LogP contribution in [0, 0.1) is 11.8 Å². The summed E-state index contributed by atoms with van der Waals surface area (Å²) in [6.07, 6.45) is 10.3. The lowest BCUT2D eigenvalue weighted by Crippen LogP contribution is -2.35. The van der Waals surface area contributed by atoms with Crippen molar-refractivity contribution in [2.24, 2.45) is 11.8 Å². The quantitative estimate of drug-likeness (QED) is 0.702. The Bertz CT molecular complexity index is 722. The van der Waals surface area contributed by atoms with Crippen LogP contribution in [0.1, 0.15) is 82.3 Å². The number of aliphatic hydroxyl groups is 1. The molecule has 0 unspecified atom stereocenters. The second kappa shape index (κ2) is 9.40. The normalized spacial score (nSPS) is 25.7. The molecule has 0 radical (unpaired) electrons. The molecule has 0 bridgehead atoms. The first-order chi connectivity index (χ1) is 14.4. The molecule has 3 aliphatic rings. The third kappa shape index (κ3) is 5.26. The van der Waals surface area contributed by atoms with Gasteiger partial charge in [-0.1, -0.05) is 25.0 Å². The van der Waals surface area contributed by atoms with E-state index >= 15 is 0 Å². The Hall–Kier alpha value is -1.39. The van der Waals surface area contributed by atoms with E-state index in [1.165, 1.54) is 57.3 Å². The molecule has 4 rings (SSSR count). The van der Waals surface area contributed by atoms with Gasteiger partial charge in [-0.15, -0.1) is 0 Å². The van der Waals surface area contributed by atoms with Crippen LogP contribution in [-0.4, -0.2) is 47.6 Å². The molecule has 0 atom stereocenters. The van der Waals surface area contributed by atoms with Gasteiger partial charge in [0.05, 0.1) is 6.61 Å². The zero-order valence-electron chi connectivity index (χ0n) is 18.9. The van der Waals surface area contributed by atoms with Crippen molar-refractivity contribution in [3.8, 4) is 5.75 Å². The Balaban J connectivity index is 1.17. The van der Waals surface area contributed by atoms with E-state index in [2.05, 4.69) is 23.1 Å². The Morgan fingerprint density at radius 1 is 1.10 bits per heavy atom. The lowest BCUT2D eigenvalue weighted by atomic mass is 9.77. The van der Waals surface area contributed by atoms with Crippen molar-refractivity contribution in [3.63, 3.8) is 0 Å². The number of ether oxygens (including phenoxy) is 1. The molecule has 1 aromatic carbocycles. The van der Waals surface area contributed by atoms with E-state index in [1.54, 1.807) is 19.4 Å². The van der Waals surface area contributed by atoms with E-state index in [4.69, 9.17) is 4.74 Å². The first-order valence-electron chi connectivity index (χ1n) is 12.1. The molecule has 1 saturated carbocycles. The van der Waals surface area contributed by atoms with Gasteiger partial charge in [-0.2, -0.15) is 0 Å². The van der Waals surface area contributed by atoms with Gasteiger partial charge in [0.2, 0.25) is 0 Å². The summed E-state index contributed by atoms with van der Waals surface area (Å²) in [5.74, 6) is 3.11. The summed E-state index contributed by atoms with van der Waals surface area (Å²) in [6.45, 7) is 7.72. The minimum Gasteiger partial charge on any atom is -0.493 e. The van der Waals surface area contributed by atoms with Crippen LogP contribution in [-0.2, 0) is 11.2 Å². The molecule has 4 heteroatoms. The number of nitrogens with zero attached hydrogens (tertiary/aromatic N) is 1. The first-order valence-corrected chi connectivity index (χ1v) is 12.1. The minimum atomic E-state index is -1.17. The van der Waals surface area contributed by atoms with Gasteiger partial charge < -0.3 is 14.7 Å². The third-order valence-electron chi connectivity index (χ3n) is 7.78. The number of piperidine rings is 1. The first kappa shape index (κ1) is 21.8. The van der Waals surface area contributed by atoms with Crippen LogP contribution in [0.5, 0.6) is 5.75 Å². The Morgan fingerprint density at radius 2 is 1.80 bits per heavy atom. The number of hydrogen-bond acceptors (Lipinski definition) is 4. The molecule has 1 N–H and O–H groups in total. The maximum Gasteiger partial charge on any atom is 0.164 e. The van der Waals surface area contributed by atoms with Crippen molar-refractivity contribution in [2.45, 2.75) is 83.2 Å². The largest absolute Gasteiger partial charge is 0.493 e. The third-order valence-corrected chi connectivity index (χ3v) is 7.78. The molecule has 0 aromatic heterocycles. The number of fused-ring (bicyclic) bond motifs is 1. The van der Waals surface area contributed by atoms with Gasteiger partial charge in [-0.25, -0.2) is 0 Å². The number of Topliss-reactive ketones (excluding diaryl/α,β-unsaturated/α-hetero) is 1. The van der Waals surface area contributed by atoms with Gasteiger partial charge in [0.1, 0.15) is 11.4 Å². The van der Waals surface area contributed by atoms with Gasteiger partial charge in [0.25, 0.3) is 0 Å². The van der Waals surface area contributed by atoms with Crippen molar-refractivity contribution in [2.75, 3.05) is 26.2 Å². The highest BCUT2D eigenvalue weighted by molar-refractivity contribution is 5.86. The molecule has 30 heavy (non-hydrogen) atoms. The fraction of sp³-hybridized carbons (Fsp3) is 0.731. The van der Waals surface area contributed by atoms with Gasteiger partial charge in [0.15, 0.2) is 5.78 Å². The smallest absolute Gasteiger partial charge is 0.164 e. The highest BCUT2D eigenvalue weighted by Crippen LogP contribution is 2.38. The molecule has 0 amide bonds. The predicted octanol–water partition coefficient (Wildman–Crippen LogP) is 4.73. The summed E-state index contributed by atoms with van der Waals surface area (Å²) in [4.78, 5) is 14.7. The van der Waals surface area contributed by atoms with Crippen LogP contribution < -0.4 is 4.74 Å². The van der Waals surface area contributed by atoms with Crippen LogP contribution in [0.3, 0.4) is 0 Å². The summed E-state index contributed by atoms with van der Waals surface area (Å²) < 4.78 is 5.76. The fourth-order valence-corrected chi connectivity index (χ4v) is 5.70.